The molecule has 1 N–H and O–H groups in total. The molecule has 0 aromatic carbocycles. The molecule has 0 atom stereocenters. The maximum absolute atomic E-state index is 13.0. The molecule has 1 aliphatic rings. The van der Waals surface area contributed by atoms with Crippen LogP contribution in [0.5, 0.6) is 0 Å². The summed E-state index contributed by atoms with van der Waals surface area (Å²) in [4.78, 5) is 14.3. The highest BCUT2D eigenvalue weighted by Crippen LogP contribution is 2.45. The largest absolute Gasteiger partial charge is 0.354 e. The van der Waals surface area contributed by atoms with E-state index in [1.54, 1.807) is 0 Å². The van der Waals surface area contributed by atoms with Crippen molar-refractivity contribution in [3.63, 3.8) is 0 Å². The molecule has 24 heavy (non-hydrogen) atoms. The van der Waals surface area contributed by atoms with Crippen molar-refractivity contribution in [2.24, 2.45) is 0 Å². The average Bonchev–Trinajstić information content (AvgIpc) is 3.32. The summed E-state index contributed by atoms with van der Waals surface area (Å²) in [6.07, 6.45) is -0.0714. The van der Waals surface area contributed by atoms with Crippen LogP contribution in [-0.4, -0.2) is 46.8 Å². The molecule has 1 aromatic heterocycles. The third-order valence-electron chi connectivity index (χ3n) is 4.29. The van der Waals surface area contributed by atoms with Crippen molar-refractivity contribution in [2.45, 2.75) is 52.0 Å². The van der Waals surface area contributed by atoms with Gasteiger partial charge in [0.1, 0.15) is 12.2 Å². The molecule has 5 nitrogen and oxygen atoms in total. The van der Waals surface area contributed by atoms with Gasteiger partial charge in [0.15, 0.2) is 0 Å². The number of hydrogen-bond acceptors (Lipinski definition) is 3. The van der Waals surface area contributed by atoms with Gasteiger partial charge in [0.25, 0.3) is 6.43 Å². The number of carbonyl (C=O) groups excluding carboxylic acids is 1. The van der Waals surface area contributed by atoms with E-state index in [1.165, 1.54) is 4.68 Å². The Kier molecular flexibility index (Phi) is 6.98. The van der Waals surface area contributed by atoms with Crippen molar-refractivity contribution >= 4 is 17.5 Å². The van der Waals surface area contributed by atoms with Gasteiger partial charge in [0.05, 0.1) is 10.7 Å². The van der Waals surface area contributed by atoms with Crippen molar-refractivity contribution in [1.29, 1.82) is 0 Å². The number of alkyl halides is 2. The predicted octanol–water partition coefficient (Wildman–Crippen LogP) is 3.20. The highest BCUT2D eigenvalue weighted by molar-refractivity contribution is 6.32. The molecule has 0 bridgehead atoms. The summed E-state index contributed by atoms with van der Waals surface area (Å²) in [6.45, 7) is 7.58. The number of carbonyl (C=O) groups is 1. The molecule has 1 heterocycles. The van der Waals surface area contributed by atoms with E-state index in [0.717, 1.165) is 38.9 Å². The molecule has 0 spiro atoms. The number of aromatic nitrogens is 2. The zero-order valence-electron chi connectivity index (χ0n) is 14.2. The lowest BCUT2D eigenvalue weighted by atomic mass is 10.2. The first-order chi connectivity index (χ1) is 11.5. The minimum atomic E-state index is -2.73. The van der Waals surface area contributed by atoms with Gasteiger partial charge >= 0.3 is 0 Å². The van der Waals surface area contributed by atoms with E-state index in [0.29, 0.717) is 12.2 Å². The van der Waals surface area contributed by atoms with Crippen LogP contribution in [0.1, 0.15) is 56.8 Å². The Hall–Kier alpha value is -1.21. The molecule has 1 amide bonds. The van der Waals surface area contributed by atoms with Gasteiger partial charge in [-0.05, 0) is 38.9 Å². The first kappa shape index (κ1) is 19.1. The molecule has 1 fully saturated rings. The van der Waals surface area contributed by atoms with Gasteiger partial charge in [-0.15, -0.1) is 0 Å². The summed E-state index contributed by atoms with van der Waals surface area (Å²) in [7, 11) is 0. The van der Waals surface area contributed by atoms with Crippen LogP contribution >= 0.6 is 11.6 Å². The molecule has 2 rings (SSSR count). The van der Waals surface area contributed by atoms with Crippen molar-refractivity contribution in [1.82, 2.24) is 20.0 Å². The fraction of sp³-hybridized carbons (Fsp3) is 0.750. The zero-order chi connectivity index (χ0) is 17.7. The summed E-state index contributed by atoms with van der Waals surface area (Å²) in [6, 6.07) is 0. The Morgan fingerprint density at radius 3 is 2.62 bits per heavy atom. The third-order valence-corrected chi connectivity index (χ3v) is 4.68. The minimum absolute atomic E-state index is 0.0156. The smallest absolute Gasteiger partial charge is 0.283 e. The Balaban J connectivity index is 1.88. The average molecular weight is 363 g/mol. The Morgan fingerprint density at radius 2 is 2.08 bits per heavy atom. The quantitative estimate of drug-likeness (QED) is 0.650. The third kappa shape index (κ3) is 4.89. The molecule has 136 valence electrons. The van der Waals surface area contributed by atoms with E-state index in [9.17, 15) is 13.6 Å². The van der Waals surface area contributed by atoms with Gasteiger partial charge in [-0.3, -0.25) is 9.48 Å². The Labute approximate surface area is 146 Å². The lowest BCUT2D eigenvalue weighted by molar-refractivity contribution is -0.121. The van der Waals surface area contributed by atoms with Crippen molar-refractivity contribution in [3.05, 3.63) is 16.4 Å². The molecule has 1 saturated carbocycles. The van der Waals surface area contributed by atoms with Crippen LogP contribution in [-0.2, 0) is 11.3 Å². The second-order valence-electron chi connectivity index (χ2n) is 6.05. The van der Waals surface area contributed by atoms with E-state index in [4.69, 9.17) is 11.6 Å². The van der Waals surface area contributed by atoms with E-state index < -0.39 is 12.1 Å². The van der Waals surface area contributed by atoms with Crippen molar-refractivity contribution < 1.29 is 13.6 Å². The van der Waals surface area contributed by atoms with E-state index in [2.05, 4.69) is 29.2 Å². The summed E-state index contributed by atoms with van der Waals surface area (Å²) in [5, 5.41) is 6.70. The van der Waals surface area contributed by atoms with Crippen LogP contribution in [0.25, 0.3) is 0 Å². The minimum Gasteiger partial charge on any atom is -0.354 e. The maximum atomic E-state index is 13.0. The van der Waals surface area contributed by atoms with Crippen LogP contribution in [0.3, 0.4) is 0 Å². The topological polar surface area (TPSA) is 50.2 Å². The zero-order valence-corrected chi connectivity index (χ0v) is 15.0. The number of hydrogen-bond donors (Lipinski definition) is 1. The lowest BCUT2D eigenvalue weighted by Gasteiger charge is -2.17. The molecule has 0 saturated heterocycles. The van der Waals surface area contributed by atoms with Gasteiger partial charge in [0.2, 0.25) is 5.91 Å². The monoisotopic (exact) mass is 362 g/mol. The first-order valence-electron chi connectivity index (χ1n) is 8.51. The SMILES string of the molecule is CCN(CC)CCCNC(=O)Cn1nc(C(F)F)c(Cl)c1C1CC1. The highest BCUT2D eigenvalue weighted by atomic mass is 35.5. The number of rotatable bonds is 10. The summed E-state index contributed by atoms with van der Waals surface area (Å²) >= 11 is 6.04. The molecule has 8 heteroatoms. The summed E-state index contributed by atoms with van der Waals surface area (Å²) in [5.74, 6) is -0.0793. The number of nitrogens with one attached hydrogen (secondary N) is 1. The van der Waals surface area contributed by atoms with Crippen LogP contribution in [0.2, 0.25) is 5.02 Å². The highest BCUT2D eigenvalue weighted by Gasteiger charge is 2.34. The van der Waals surface area contributed by atoms with E-state index >= 15 is 0 Å². The van der Waals surface area contributed by atoms with Gasteiger partial charge in [-0.1, -0.05) is 25.4 Å². The number of halogens is 3. The number of nitrogens with zero attached hydrogens (tertiary/aromatic N) is 3. The van der Waals surface area contributed by atoms with Crippen LogP contribution in [0, 0.1) is 0 Å². The fourth-order valence-electron chi connectivity index (χ4n) is 2.74. The lowest BCUT2D eigenvalue weighted by Crippen LogP contribution is -2.32. The van der Waals surface area contributed by atoms with Gasteiger partial charge in [-0.2, -0.15) is 5.10 Å². The Bertz CT molecular complexity index is 557. The standard InChI is InChI=1S/C16H25ClF2N4O/c1-3-22(4-2)9-5-8-20-12(24)10-23-15(11-6-7-11)13(17)14(21-23)16(18)19/h11,16H,3-10H2,1-2H3,(H,20,24). The second kappa shape index (κ2) is 8.76. The molecular formula is C16H25ClF2N4O. The molecule has 0 radical (unpaired) electrons. The van der Waals surface area contributed by atoms with Gasteiger partial charge in [-0.25, -0.2) is 8.78 Å². The van der Waals surface area contributed by atoms with E-state index in [-0.39, 0.29) is 23.4 Å². The normalized spacial score (nSPS) is 14.6. The first-order valence-corrected chi connectivity index (χ1v) is 8.88. The molecule has 1 aliphatic carbocycles. The predicted molar refractivity (Wildman–Crippen MR) is 89.6 cm³/mol. The molecule has 0 aliphatic heterocycles. The van der Waals surface area contributed by atoms with Crippen molar-refractivity contribution in [2.75, 3.05) is 26.2 Å². The van der Waals surface area contributed by atoms with Crippen LogP contribution in [0.15, 0.2) is 0 Å². The molecular weight excluding hydrogens is 338 g/mol. The van der Waals surface area contributed by atoms with E-state index in [1.807, 2.05) is 0 Å². The Morgan fingerprint density at radius 1 is 1.42 bits per heavy atom. The number of amides is 1. The molecule has 1 aromatic rings. The van der Waals surface area contributed by atoms with Gasteiger partial charge in [0, 0.05) is 12.5 Å². The van der Waals surface area contributed by atoms with Crippen molar-refractivity contribution in [3.8, 4) is 0 Å². The summed E-state index contributed by atoms with van der Waals surface area (Å²) < 4.78 is 27.3. The van der Waals surface area contributed by atoms with Crippen LogP contribution in [0.4, 0.5) is 8.78 Å². The van der Waals surface area contributed by atoms with Gasteiger partial charge < -0.3 is 10.2 Å². The fourth-order valence-corrected chi connectivity index (χ4v) is 3.11. The second-order valence-corrected chi connectivity index (χ2v) is 6.43. The maximum Gasteiger partial charge on any atom is 0.283 e. The summed E-state index contributed by atoms with van der Waals surface area (Å²) in [5.41, 5.74) is 0.151. The molecule has 0 unspecified atom stereocenters. The van der Waals surface area contributed by atoms with Crippen LogP contribution < -0.4 is 5.32 Å².